The first-order valence-corrected chi connectivity index (χ1v) is 6.16. The normalized spacial score (nSPS) is 10.4. The molecule has 0 bridgehead atoms. The lowest BCUT2D eigenvalue weighted by molar-refractivity contribution is 0.0690. The highest BCUT2D eigenvalue weighted by Gasteiger charge is 2.07. The second kappa shape index (κ2) is 6.67. The van der Waals surface area contributed by atoms with Crippen LogP contribution in [-0.2, 0) is 13.1 Å². The topological polar surface area (TPSA) is 89.3 Å². The van der Waals surface area contributed by atoms with Crippen LogP contribution in [0.3, 0.4) is 0 Å². The van der Waals surface area contributed by atoms with Crippen molar-refractivity contribution in [2.75, 3.05) is 13.7 Å². The summed E-state index contributed by atoms with van der Waals surface area (Å²) >= 11 is 0. The Labute approximate surface area is 116 Å². The fraction of sp³-hybridized carbons (Fsp3) is 0.308. The predicted octanol–water partition coefficient (Wildman–Crippen LogP) is 0.775. The Bertz CT molecular complexity index is 583. The lowest BCUT2D eigenvalue weighted by atomic mass is 10.2. The molecule has 20 heavy (non-hydrogen) atoms. The zero-order chi connectivity index (χ0) is 14.4. The van der Waals surface area contributed by atoms with Gasteiger partial charge in [-0.25, -0.2) is 4.79 Å². The van der Waals surface area contributed by atoms with E-state index in [0.717, 1.165) is 11.3 Å². The summed E-state index contributed by atoms with van der Waals surface area (Å²) in [6, 6.07) is 7.80. The number of aromatic nitrogens is 3. The summed E-state index contributed by atoms with van der Waals surface area (Å²) in [5.41, 5.74) is 1.08. The summed E-state index contributed by atoms with van der Waals surface area (Å²) < 4.78 is 6.65. The maximum Gasteiger partial charge on any atom is 0.358 e. The van der Waals surface area contributed by atoms with Crippen molar-refractivity contribution in [3.05, 3.63) is 41.7 Å². The molecule has 0 unspecified atom stereocenters. The van der Waals surface area contributed by atoms with Gasteiger partial charge in [-0.2, -0.15) is 0 Å². The van der Waals surface area contributed by atoms with E-state index in [2.05, 4.69) is 15.6 Å². The summed E-state index contributed by atoms with van der Waals surface area (Å²) in [6.45, 7) is 1.93. The minimum Gasteiger partial charge on any atom is -0.497 e. The van der Waals surface area contributed by atoms with Gasteiger partial charge in [-0.3, -0.25) is 4.68 Å². The van der Waals surface area contributed by atoms with Crippen molar-refractivity contribution < 1.29 is 14.6 Å². The molecule has 0 aliphatic carbocycles. The van der Waals surface area contributed by atoms with E-state index in [-0.39, 0.29) is 5.69 Å². The van der Waals surface area contributed by atoms with Crippen molar-refractivity contribution in [1.82, 2.24) is 20.3 Å². The molecule has 0 spiro atoms. The second-order valence-corrected chi connectivity index (χ2v) is 4.20. The first kappa shape index (κ1) is 14.0. The summed E-state index contributed by atoms with van der Waals surface area (Å²) in [5.74, 6) is -0.243. The molecule has 0 amide bonds. The van der Waals surface area contributed by atoms with Crippen molar-refractivity contribution >= 4 is 5.97 Å². The Kier molecular flexibility index (Phi) is 4.67. The van der Waals surface area contributed by atoms with Crippen LogP contribution in [0.4, 0.5) is 0 Å². The molecule has 2 N–H and O–H groups in total. The molecular weight excluding hydrogens is 260 g/mol. The van der Waals surface area contributed by atoms with Crippen LogP contribution in [0.5, 0.6) is 5.75 Å². The number of methoxy groups -OCH3 is 1. The van der Waals surface area contributed by atoms with E-state index in [1.165, 1.54) is 10.9 Å². The van der Waals surface area contributed by atoms with Crippen LogP contribution in [0.15, 0.2) is 30.5 Å². The number of rotatable bonds is 7. The average Bonchev–Trinajstić information content (AvgIpc) is 2.93. The monoisotopic (exact) mass is 276 g/mol. The number of nitrogens with zero attached hydrogens (tertiary/aromatic N) is 3. The lowest BCUT2D eigenvalue weighted by Crippen LogP contribution is -2.19. The average molecular weight is 276 g/mol. The molecule has 106 valence electrons. The SMILES string of the molecule is COc1cccc(CNCCn2cc(C(=O)O)nn2)c1. The quantitative estimate of drug-likeness (QED) is 0.726. The lowest BCUT2D eigenvalue weighted by Gasteiger charge is -2.06. The molecule has 0 saturated heterocycles. The minimum absolute atomic E-state index is 0.0437. The molecular formula is C13H16N4O3. The zero-order valence-corrected chi connectivity index (χ0v) is 11.1. The highest BCUT2D eigenvalue weighted by molar-refractivity contribution is 5.84. The number of benzene rings is 1. The minimum atomic E-state index is -1.07. The van der Waals surface area contributed by atoms with Crippen molar-refractivity contribution in [3.63, 3.8) is 0 Å². The van der Waals surface area contributed by atoms with Crippen LogP contribution >= 0.6 is 0 Å². The first-order valence-electron chi connectivity index (χ1n) is 6.16. The molecule has 7 heteroatoms. The van der Waals surface area contributed by atoms with E-state index >= 15 is 0 Å². The number of hydrogen-bond donors (Lipinski definition) is 2. The fourth-order valence-electron chi connectivity index (χ4n) is 1.71. The molecule has 0 atom stereocenters. The molecule has 7 nitrogen and oxygen atoms in total. The third-order valence-corrected chi connectivity index (χ3v) is 2.74. The van der Waals surface area contributed by atoms with Crippen LogP contribution in [0, 0.1) is 0 Å². The van der Waals surface area contributed by atoms with Crippen molar-refractivity contribution in [3.8, 4) is 5.75 Å². The van der Waals surface area contributed by atoms with Crippen LogP contribution in [0.1, 0.15) is 16.1 Å². The van der Waals surface area contributed by atoms with Gasteiger partial charge in [-0.15, -0.1) is 5.10 Å². The largest absolute Gasteiger partial charge is 0.497 e. The highest BCUT2D eigenvalue weighted by Crippen LogP contribution is 2.11. The van der Waals surface area contributed by atoms with Gasteiger partial charge in [0.2, 0.25) is 0 Å². The van der Waals surface area contributed by atoms with E-state index in [0.29, 0.717) is 19.6 Å². The maximum absolute atomic E-state index is 10.6. The van der Waals surface area contributed by atoms with Crippen molar-refractivity contribution in [2.45, 2.75) is 13.1 Å². The molecule has 0 aliphatic heterocycles. The fourth-order valence-corrected chi connectivity index (χ4v) is 1.71. The number of carboxylic acid groups (broad SMARTS) is 1. The van der Waals surface area contributed by atoms with Gasteiger partial charge in [0.1, 0.15) is 5.75 Å². The predicted molar refractivity (Wildman–Crippen MR) is 71.7 cm³/mol. The molecule has 2 rings (SSSR count). The maximum atomic E-state index is 10.6. The van der Waals surface area contributed by atoms with Gasteiger partial charge >= 0.3 is 5.97 Å². The second-order valence-electron chi connectivity index (χ2n) is 4.20. The molecule has 0 fully saturated rings. The summed E-state index contributed by atoms with van der Waals surface area (Å²) in [5, 5.41) is 19.3. The van der Waals surface area contributed by atoms with Gasteiger partial charge in [-0.05, 0) is 17.7 Å². The Hall–Kier alpha value is -2.41. The Balaban J connectivity index is 1.76. The van der Waals surface area contributed by atoms with Crippen LogP contribution < -0.4 is 10.1 Å². The highest BCUT2D eigenvalue weighted by atomic mass is 16.5. The summed E-state index contributed by atoms with van der Waals surface area (Å²) in [7, 11) is 1.64. The number of ether oxygens (including phenoxy) is 1. The van der Waals surface area contributed by atoms with Crippen LogP contribution in [-0.4, -0.2) is 39.7 Å². The van der Waals surface area contributed by atoms with E-state index in [1.807, 2.05) is 24.3 Å². The van der Waals surface area contributed by atoms with Gasteiger partial charge in [-0.1, -0.05) is 17.3 Å². The van der Waals surface area contributed by atoms with Gasteiger partial charge in [0.05, 0.1) is 19.9 Å². The van der Waals surface area contributed by atoms with Crippen LogP contribution in [0.25, 0.3) is 0 Å². The number of carboxylic acids is 1. The molecule has 1 aromatic heterocycles. The van der Waals surface area contributed by atoms with E-state index in [9.17, 15) is 4.79 Å². The van der Waals surface area contributed by atoms with Gasteiger partial charge in [0.25, 0.3) is 0 Å². The first-order chi connectivity index (χ1) is 9.69. The third-order valence-electron chi connectivity index (χ3n) is 2.74. The third kappa shape index (κ3) is 3.79. The molecule has 1 heterocycles. The number of aromatic carboxylic acids is 1. The van der Waals surface area contributed by atoms with Crippen molar-refractivity contribution in [1.29, 1.82) is 0 Å². The smallest absolute Gasteiger partial charge is 0.358 e. The summed E-state index contributed by atoms with van der Waals surface area (Å²) in [4.78, 5) is 10.6. The summed E-state index contributed by atoms with van der Waals surface area (Å²) in [6.07, 6.45) is 1.41. The molecule has 1 aromatic carbocycles. The number of nitrogens with one attached hydrogen (secondary N) is 1. The van der Waals surface area contributed by atoms with Crippen LogP contribution in [0.2, 0.25) is 0 Å². The van der Waals surface area contributed by atoms with E-state index < -0.39 is 5.97 Å². The van der Waals surface area contributed by atoms with Crippen molar-refractivity contribution in [2.24, 2.45) is 0 Å². The molecule has 0 saturated carbocycles. The standard InChI is InChI=1S/C13H16N4O3/c1-20-11-4-2-3-10(7-11)8-14-5-6-17-9-12(13(18)19)15-16-17/h2-4,7,9,14H,5-6,8H2,1H3,(H,18,19). The Morgan fingerprint density at radius 1 is 1.50 bits per heavy atom. The van der Waals surface area contributed by atoms with E-state index in [1.54, 1.807) is 7.11 Å². The number of hydrogen-bond acceptors (Lipinski definition) is 5. The Morgan fingerprint density at radius 2 is 2.35 bits per heavy atom. The van der Waals surface area contributed by atoms with Gasteiger partial charge in [0.15, 0.2) is 5.69 Å². The molecule has 2 aromatic rings. The van der Waals surface area contributed by atoms with E-state index in [4.69, 9.17) is 9.84 Å². The van der Waals surface area contributed by atoms with Gasteiger partial charge < -0.3 is 15.2 Å². The molecule has 0 radical (unpaired) electrons. The van der Waals surface area contributed by atoms with Gasteiger partial charge in [0, 0.05) is 13.1 Å². The number of carbonyl (C=O) groups is 1. The Morgan fingerprint density at radius 3 is 3.05 bits per heavy atom. The zero-order valence-electron chi connectivity index (χ0n) is 11.1. The molecule has 0 aliphatic rings.